The molecule has 0 aromatic heterocycles. The van der Waals surface area contributed by atoms with Crippen molar-refractivity contribution in [2.45, 2.75) is 58.8 Å². The standard InChI is InChI=1S/C24H36O/c1-3-5-6-7-8-9-10-11-12-13-14-15-16-17-18-19-20-21-22-24(4-2)23-25/h5-6,8-9,11-12,16-22,25H,3-4,7,10,13-15,23H2,1-2H3. The fourth-order valence-electron chi connectivity index (χ4n) is 2.02. The largest absolute Gasteiger partial charge is 0.392 e. The van der Waals surface area contributed by atoms with Gasteiger partial charge in [0.25, 0.3) is 0 Å². The van der Waals surface area contributed by atoms with Gasteiger partial charge < -0.3 is 5.11 Å². The second-order valence-corrected chi connectivity index (χ2v) is 5.76. The Morgan fingerprint density at radius 3 is 1.96 bits per heavy atom. The van der Waals surface area contributed by atoms with Crippen LogP contribution in [0.5, 0.6) is 0 Å². The molecule has 0 atom stereocenters. The second kappa shape index (κ2) is 20.2. The molecule has 0 aliphatic rings. The third-order valence-corrected chi connectivity index (χ3v) is 3.59. The molecule has 0 saturated heterocycles. The summed E-state index contributed by atoms with van der Waals surface area (Å²) in [5.41, 5.74) is 1.05. The van der Waals surface area contributed by atoms with Crippen LogP contribution in [0, 0.1) is 0 Å². The molecule has 1 nitrogen and oxygen atoms in total. The molecule has 0 fully saturated rings. The van der Waals surface area contributed by atoms with E-state index in [4.69, 9.17) is 5.11 Å². The quantitative estimate of drug-likeness (QED) is 0.205. The van der Waals surface area contributed by atoms with Crippen molar-refractivity contribution in [2.24, 2.45) is 0 Å². The molecule has 0 spiro atoms. The van der Waals surface area contributed by atoms with Crippen LogP contribution in [0.1, 0.15) is 58.8 Å². The molecule has 0 heterocycles. The van der Waals surface area contributed by atoms with Crippen molar-refractivity contribution in [2.75, 3.05) is 6.61 Å². The van der Waals surface area contributed by atoms with Crippen LogP contribution in [0.15, 0.2) is 84.6 Å². The number of hydrogen-bond acceptors (Lipinski definition) is 1. The Bertz CT molecular complexity index is 478. The van der Waals surface area contributed by atoms with E-state index in [-0.39, 0.29) is 6.61 Å². The molecule has 0 aliphatic heterocycles. The maximum absolute atomic E-state index is 9.03. The molecule has 138 valence electrons. The average molecular weight is 341 g/mol. The van der Waals surface area contributed by atoms with Crippen LogP contribution in [0.3, 0.4) is 0 Å². The molecule has 0 aromatic carbocycles. The maximum Gasteiger partial charge on any atom is 0.0644 e. The number of hydrogen-bond donors (Lipinski definition) is 1. The highest BCUT2D eigenvalue weighted by molar-refractivity contribution is 5.18. The Morgan fingerprint density at radius 1 is 0.680 bits per heavy atom. The lowest BCUT2D eigenvalue weighted by molar-refractivity contribution is 0.328. The van der Waals surface area contributed by atoms with Gasteiger partial charge in [-0.15, -0.1) is 0 Å². The highest BCUT2D eigenvalue weighted by Gasteiger charge is 1.85. The Kier molecular flexibility index (Phi) is 18.7. The fourth-order valence-corrected chi connectivity index (χ4v) is 2.02. The van der Waals surface area contributed by atoms with Gasteiger partial charge in [-0.1, -0.05) is 92.8 Å². The van der Waals surface area contributed by atoms with Gasteiger partial charge in [0.05, 0.1) is 6.61 Å². The van der Waals surface area contributed by atoms with E-state index >= 15 is 0 Å². The first kappa shape index (κ1) is 23.1. The van der Waals surface area contributed by atoms with Crippen LogP contribution in [0.4, 0.5) is 0 Å². The van der Waals surface area contributed by atoms with Crippen LogP contribution in [0.2, 0.25) is 0 Å². The average Bonchev–Trinajstić information content (AvgIpc) is 2.64. The molecular weight excluding hydrogens is 304 g/mol. The molecular formula is C24H36O. The van der Waals surface area contributed by atoms with Crippen molar-refractivity contribution in [3.8, 4) is 0 Å². The van der Waals surface area contributed by atoms with Gasteiger partial charge >= 0.3 is 0 Å². The summed E-state index contributed by atoms with van der Waals surface area (Å²) < 4.78 is 0. The molecule has 0 aromatic rings. The monoisotopic (exact) mass is 340 g/mol. The number of allylic oxidation sites excluding steroid dienone is 13. The Labute approximate surface area is 155 Å². The summed E-state index contributed by atoms with van der Waals surface area (Å²) in [6, 6.07) is 0. The van der Waals surface area contributed by atoms with Gasteiger partial charge in [-0.25, -0.2) is 0 Å². The molecule has 0 amide bonds. The fraction of sp³-hybridized carbons (Fsp3) is 0.417. The van der Waals surface area contributed by atoms with Crippen molar-refractivity contribution in [3.05, 3.63) is 84.6 Å². The van der Waals surface area contributed by atoms with E-state index in [9.17, 15) is 0 Å². The zero-order valence-electron chi connectivity index (χ0n) is 16.1. The van der Waals surface area contributed by atoms with E-state index in [1.54, 1.807) is 0 Å². The normalized spacial score (nSPS) is 14.0. The van der Waals surface area contributed by atoms with E-state index in [0.29, 0.717) is 0 Å². The zero-order valence-corrected chi connectivity index (χ0v) is 16.1. The number of aliphatic hydroxyl groups is 1. The highest BCUT2D eigenvalue weighted by Crippen LogP contribution is 2.01. The SMILES string of the molecule is CCC=CCC=CCC=CCCCC=CC=CC=CC=C(CC)CO. The molecule has 0 bridgehead atoms. The third kappa shape index (κ3) is 18.3. The van der Waals surface area contributed by atoms with E-state index in [1.165, 1.54) is 6.42 Å². The van der Waals surface area contributed by atoms with Crippen molar-refractivity contribution in [3.63, 3.8) is 0 Å². The highest BCUT2D eigenvalue weighted by atomic mass is 16.3. The van der Waals surface area contributed by atoms with E-state index < -0.39 is 0 Å². The molecule has 0 unspecified atom stereocenters. The zero-order chi connectivity index (χ0) is 18.4. The van der Waals surface area contributed by atoms with Crippen molar-refractivity contribution >= 4 is 0 Å². The summed E-state index contributed by atoms with van der Waals surface area (Å²) in [5, 5.41) is 9.03. The van der Waals surface area contributed by atoms with Crippen molar-refractivity contribution < 1.29 is 5.11 Å². The van der Waals surface area contributed by atoms with Gasteiger partial charge in [-0.05, 0) is 50.5 Å². The van der Waals surface area contributed by atoms with Gasteiger partial charge in [0.1, 0.15) is 0 Å². The summed E-state index contributed by atoms with van der Waals surface area (Å²) in [5.74, 6) is 0. The summed E-state index contributed by atoms with van der Waals surface area (Å²) in [6.45, 7) is 4.35. The first-order chi connectivity index (χ1) is 12.3. The first-order valence-corrected chi connectivity index (χ1v) is 9.58. The van der Waals surface area contributed by atoms with Crippen LogP contribution >= 0.6 is 0 Å². The van der Waals surface area contributed by atoms with Gasteiger partial charge in [-0.2, -0.15) is 0 Å². The lowest BCUT2D eigenvalue weighted by Gasteiger charge is -1.94. The van der Waals surface area contributed by atoms with Crippen LogP contribution in [-0.4, -0.2) is 11.7 Å². The molecule has 25 heavy (non-hydrogen) atoms. The van der Waals surface area contributed by atoms with Gasteiger partial charge in [-0.3, -0.25) is 0 Å². The van der Waals surface area contributed by atoms with E-state index in [1.807, 2.05) is 37.3 Å². The summed E-state index contributed by atoms with van der Waals surface area (Å²) in [7, 11) is 0. The lowest BCUT2D eigenvalue weighted by Crippen LogP contribution is -1.85. The number of aliphatic hydroxyl groups excluding tert-OH is 1. The molecule has 0 saturated carbocycles. The minimum absolute atomic E-state index is 0.144. The van der Waals surface area contributed by atoms with Gasteiger partial charge in [0.2, 0.25) is 0 Å². The topological polar surface area (TPSA) is 20.2 Å². The van der Waals surface area contributed by atoms with E-state index in [2.05, 4.69) is 55.5 Å². The first-order valence-electron chi connectivity index (χ1n) is 9.58. The number of rotatable bonds is 14. The molecule has 1 N–H and O–H groups in total. The van der Waals surface area contributed by atoms with Gasteiger partial charge in [0.15, 0.2) is 0 Å². The van der Waals surface area contributed by atoms with Crippen LogP contribution in [0.25, 0.3) is 0 Å². The Balaban J connectivity index is 3.64. The minimum atomic E-state index is 0.144. The van der Waals surface area contributed by atoms with Crippen LogP contribution < -0.4 is 0 Å². The lowest BCUT2D eigenvalue weighted by atomic mass is 10.2. The molecule has 1 heteroatoms. The van der Waals surface area contributed by atoms with E-state index in [0.717, 1.165) is 44.1 Å². The molecule has 0 radical (unpaired) electrons. The Morgan fingerprint density at radius 2 is 1.28 bits per heavy atom. The van der Waals surface area contributed by atoms with Crippen molar-refractivity contribution in [1.82, 2.24) is 0 Å². The minimum Gasteiger partial charge on any atom is -0.392 e. The van der Waals surface area contributed by atoms with Crippen molar-refractivity contribution in [1.29, 1.82) is 0 Å². The summed E-state index contributed by atoms with van der Waals surface area (Å²) in [4.78, 5) is 0. The summed E-state index contributed by atoms with van der Waals surface area (Å²) in [6.07, 6.45) is 35.2. The predicted molar refractivity (Wildman–Crippen MR) is 114 cm³/mol. The predicted octanol–water partition coefficient (Wildman–Crippen LogP) is 7.01. The second-order valence-electron chi connectivity index (χ2n) is 5.76. The third-order valence-electron chi connectivity index (χ3n) is 3.59. The smallest absolute Gasteiger partial charge is 0.0644 e. The summed E-state index contributed by atoms with van der Waals surface area (Å²) >= 11 is 0. The Hall–Kier alpha value is -1.86. The molecule has 0 aliphatic carbocycles. The number of unbranched alkanes of at least 4 members (excludes halogenated alkanes) is 2. The maximum atomic E-state index is 9.03. The van der Waals surface area contributed by atoms with Crippen LogP contribution in [-0.2, 0) is 0 Å². The van der Waals surface area contributed by atoms with Gasteiger partial charge in [0, 0.05) is 0 Å². The molecule has 0 rings (SSSR count).